The summed E-state index contributed by atoms with van der Waals surface area (Å²) in [5.41, 5.74) is 6.24. The van der Waals surface area contributed by atoms with Gasteiger partial charge in [-0.2, -0.15) is 0 Å². The second-order valence-electron chi connectivity index (χ2n) is 4.93. The smallest absolute Gasteiger partial charge is 0.316 e. The van der Waals surface area contributed by atoms with Gasteiger partial charge in [-0.3, -0.25) is 4.79 Å². The summed E-state index contributed by atoms with van der Waals surface area (Å²) in [6.07, 6.45) is 0. The molecule has 1 unspecified atom stereocenters. The Morgan fingerprint density at radius 1 is 1.17 bits per heavy atom. The Balaban J connectivity index is 2.09. The topological polar surface area (TPSA) is 84.2 Å². The molecule has 0 bridgehead atoms. The lowest BCUT2D eigenvalue weighted by atomic mass is 10.1. The van der Waals surface area contributed by atoms with Crippen LogP contribution in [0, 0.1) is 5.82 Å². The number of nitrogens with two attached hydrogens (primary N) is 1. The van der Waals surface area contributed by atoms with E-state index >= 15 is 0 Å². The van der Waals surface area contributed by atoms with Crippen molar-refractivity contribution in [3.8, 4) is 0 Å². The number of carbonyl (C=O) groups is 2. The van der Waals surface area contributed by atoms with Gasteiger partial charge >= 0.3 is 6.03 Å². The van der Waals surface area contributed by atoms with E-state index in [4.69, 9.17) is 17.3 Å². The summed E-state index contributed by atoms with van der Waals surface area (Å²) in [5.74, 6) is -1.20. The van der Waals surface area contributed by atoms with E-state index < -0.39 is 17.8 Å². The van der Waals surface area contributed by atoms with Gasteiger partial charge in [-0.05, 0) is 42.8 Å². The number of anilines is 1. The third kappa shape index (κ3) is 4.43. The van der Waals surface area contributed by atoms with E-state index in [1.165, 1.54) is 12.1 Å². The van der Waals surface area contributed by atoms with E-state index in [9.17, 15) is 14.0 Å². The molecular weight excluding hydrogens is 321 g/mol. The largest absolute Gasteiger partial charge is 0.351 e. The zero-order chi connectivity index (χ0) is 17.0. The number of hydrogen-bond acceptors (Lipinski definition) is 2. The van der Waals surface area contributed by atoms with Crippen molar-refractivity contribution in [1.29, 1.82) is 0 Å². The van der Waals surface area contributed by atoms with Gasteiger partial charge in [-0.1, -0.05) is 23.7 Å². The summed E-state index contributed by atoms with van der Waals surface area (Å²) < 4.78 is 13.7. The molecule has 0 heterocycles. The average molecular weight is 336 g/mol. The standard InChI is InChI=1S/C16H15ClFN3O2/c1-9(10-2-5-12(6-3-10)21-16(19)23)20-15(22)13-8-11(17)4-7-14(13)18/h2-9H,1H3,(H,20,22)(H3,19,21,23). The van der Waals surface area contributed by atoms with Crippen molar-refractivity contribution in [2.75, 3.05) is 5.32 Å². The fourth-order valence-electron chi connectivity index (χ4n) is 2.03. The SMILES string of the molecule is CC(NC(=O)c1cc(Cl)ccc1F)c1ccc(NC(N)=O)cc1. The van der Waals surface area contributed by atoms with E-state index in [2.05, 4.69) is 10.6 Å². The molecule has 4 N–H and O–H groups in total. The van der Waals surface area contributed by atoms with Crippen LogP contribution < -0.4 is 16.4 Å². The maximum atomic E-state index is 13.7. The van der Waals surface area contributed by atoms with Gasteiger partial charge in [-0.25, -0.2) is 9.18 Å². The van der Waals surface area contributed by atoms with E-state index in [-0.39, 0.29) is 16.6 Å². The molecule has 0 aliphatic rings. The predicted octanol–water partition coefficient (Wildman–Crippen LogP) is 3.46. The Labute approximate surface area is 137 Å². The second-order valence-corrected chi connectivity index (χ2v) is 5.37. The molecule has 0 saturated heterocycles. The molecule has 7 heteroatoms. The highest BCUT2D eigenvalue weighted by atomic mass is 35.5. The van der Waals surface area contributed by atoms with Crippen LogP contribution in [0.2, 0.25) is 5.02 Å². The first-order valence-corrected chi connectivity index (χ1v) is 7.17. The number of rotatable bonds is 4. The molecule has 5 nitrogen and oxygen atoms in total. The average Bonchev–Trinajstić information content (AvgIpc) is 2.49. The van der Waals surface area contributed by atoms with Gasteiger partial charge < -0.3 is 16.4 Å². The molecule has 0 aliphatic carbocycles. The van der Waals surface area contributed by atoms with E-state index in [0.29, 0.717) is 5.69 Å². The molecule has 0 radical (unpaired) electrons. The van der Waals surface area contributed by atoms with Crippen LogP contribution in [0.3, 0.4) is 0 Å². The van der Waals surface area contributed by atoms with Crippen molar-refractivity contribution in [3.63, 3.8) is 0 Å². The third-order valence-electron chi connectivity index (χ3n) is 3.20. The van der Waals surface area contributed by atoms with Crippen molar-refractivity contribution in [2.24, 2.45) is 5.73 Å². The number of primary amides is 1. The molecule has 2 rings (SSSR count). The second kappa shape index (κ2) is 7.11. The summed E-state index contributed by atoms with van der Waals surface area (Å²) in [4.78, 5) is 22.9. The summed E-state index contributed by atoms with van der Waals surface area (Å²) in [6, 6.07) is 9.55. The summed E-state index contributed by atoms with van der Waals surface area (Å²) >= 11 is 5.78. The monoisotopic (exact) mass is 335 g/mol. The van der Waals surface area contributed by atoms with Gasteiger partial charge in [0.25, 0.3) is 5.91 Å². The van der Waals surface area contributed by atoms with Crippen LogP contribution in [0.15, 0.2) is 42.5 Å². The fraction of sp³-hybridized carbons (Fsp3) is 0.125. The lowest BCUT2D eigenvalue weighted by Gasteiger charge is -2.15. The number of carbonyl (C=O) groups excluding carboxylic acids is 2. The molecule has 23 heavy (non-hydrogen) atoms. The van der Waals surface area contributed by atoms with Crippen LogP contribution in [0.1, 0.15) is 28.9 Å². The first kappa shape index (κ1) is 16.8. The Kier molecular flexibility index (Phi) is 5.18. The maximum absolute atomic E-state index is 13.7. The Hall–Kier alpha value is -2.60. The fourth-order valence-corrected chi connectivity index (χ4v) is 2.20. The molecule has 0 fully saturated rings. The van der Waals surface area contributed by atoms with Crippen molar-refractivity contribution in [2.45, 2.75) is 13.0 Å². The van der Waals surface area contributed by atoms with Gasteiger partial charge in [0.1, 0.15) is 5.82 Å². The molecule has 0 saturated carbocycles. The summed E-state index contributed by atoms with van der Waals surface area (Å²) in [6.45, 7) is 1.76. The van der Waals surface area contributed by atoms with E-state index in [1.807, 2.05) is 0 Å². The molecular formula is C16H15ClFN3O2. The number of benzene rings is 2. The zero-order valence-electron chi connectivity index (χ0n) is 12.3. The van der Waals surface area contributed by atoms with Crippen molar-refractivity contribution in [1.82, 2.24) is 5.32 Å². The van der Waals surface area contributed by atoms with Gasteiger partial charge in [0.2, 0.25) is 0 Å². The minimum absolute atomic E-state index is 0.114. The lowest BCUT2D eigenvalue weighted by Crippen LogP contribution is -2.27. The minimum Gasteiger partial charge on any atom is -0.351 e. The number of halogens is 2. The van der Waals surface area contributed by atoms with Crippen LogP contribution in [-0.4, -0.2) is 11.9 Å². The van der Waals surface area contributed by atoms with Crippen molar-refractivity contribution >= 4 is 29.2 Å². The first-order chi connectivity index (χ1) is 10.9. The Bertz CT molecular complexity index is 735. The van der Waals surface area contributed by atoms with Gasteiger partial charge in [-0.15, -0.1) is 0 Å². The zero-order valence-corrected chi connectivity index (χ0v) is 13.0. The number of hydrogen-bond donors (Lipinski definition) is 3. The number of amides is 3. The molecule has 0 spiro atoms. The molecule has 1 atom stereocenters. The molecule has 3 amide bonds. The highest BCUT2D eigenvalue weighted by molar-refractivity contribution is 6.31. The van der Waals surface area contributed by atoms with Crippen LogP contribution in [0.5, 0.6) is 0 Å². The molecule has 2 aromatic carbocycles. The van der Waals surface area contributed by atoms with Gasteiger partial charge in [0.15, 0.2) is 0 Å². The van der Waals surface area contributed by atoms with E-state index in [0.717, 1.165) is 11.6 Å². The lowest BCUT2D eigenvalue weighted by molar-refractivity contribution is 0.0936. The quantitative estimate of drug-likeness (QED) is 0.799. The molecule has 0 aliphatic heterocycles. The maximum Gasteiger partial charge on any atom is 0.316 e. The third-order valence-corrected chi connectivity index (χ3v) is 3.43. The Morgan fingerprint density at radius 2 is 1.83 bits per heavy atom. The molecule has 120 valence electrons. The normalized spacial score (nSPS) is 11.6. The van der Waals surface area contributed by atoms with Crippen molar-refractivity contribution in [3.05, 3.63) is 64.4 Å². The predicted molar refractivity (Wildman–Crippen MR) is 86.9 cm³/mol. The van der Waals surface area contributed by atoms with Crippen molar-refractivity contribution < 1.29 is 14.0 Å². The van der Waals surface area contributed by atoms with Crippen LogP contribution in [-0.2, 0) is 0 Å². The van der Waals surface area contributed by atoms with Crippen LogP contribution in [0.4, 0.5) is 14.9 Å². The highest BCUT2D eigenvalue weighted by Gasteiger charge is 2.15. The highest BCUT2D eigenvalue weighted by Crippen LogP contribution is 2.19. The van der Waals surface area contributed by atoms with Gasteiger partial charge in [0, 0.05) is 10.7 Å². The number of nitrogens with one attached hydrogen (secondary N) is 2. The summed E-state index contributed by atoms with van der Waals surface area (Å²) in [5, 5.41) is 5.41. The van der Waals surface area contributed by atoms with Crippen LogP contribution >= 0.6 is 11.6 Å². The Morgan fingerprint density at radius 3 is 2.43 bits per heavy atom. The van der Waals surface area contributed by atoms with E-state index in [1.54, 1.807) is 31.2 Å². The first-order valence-electron chi connectivity index (χ1n) is 6.79. The molecule has 0 aromatic heterocycles. The number of urea groups is 1. The minimum atomic E-state index is -0.657. The van der Waals surface area contributed by atoms with Gasteiger partial charge in [0.05, 0.1) is 11.6 Å². The van der Waals surface area contributed by atoms with Crippen LogP contribution in [0.25, 0.3) is 0 Å². The summed E-state index contributed by atoms with van der Waals surface area (Å²) in [7, 11) is 0. The molecule has 2 aromatic rings.